The van der Waals surface area contributed by atoms with E-state index in [4.69, 9.17) is 18.0 Å². The standard InChI is InChI=1S/C13H19N3OS/c1-10-5-7-11(8-6-10)16-13(17)15-9-3-2-4-12(14)18/h5-8H,2-4,9H2,1H3,(H2,14,18)(H2,15,16,17). The van der Waals surface area contributed by atoms with Crippen LogP contribution in [0.5, 0.6) is 0 Å². The van der Waals surface area contributed by atoms with Crippen LogP contribution in [0.3, 0.4) is 0 Å². The van der Waals surface area contributed by atoms with Gasteiger partial charge in [-0.25, -0.2) is 4.79 Å². The summed E-state index contributed by atoms with van der Waals surface area (Å²) in [5.41, 5.74) is 7.34. The lowest BCUT2D eigenvalue weighted by atomic mass is 10.2. The summed E-state index contributed by atoms with van der Waals surface area (Å²) in [4.78, 5) is 12.0. The van der Waals surface area contributed by atoms with Crippen molar-refractivity contribution < 1.29 is 4.79 Å². The molecule has 18 heavy (non-hydrogen) atoms. The number of aryl methyl sites for hydroxylation is 1. The number of thiocarbonyl (C=S) groups is 1. The minimum absolute atomic E-state index is 0.186. The molecule has 0 spiro atoms. The highest BCUT2D eigenvalue weighted by Crippen LogP contribution is 2.07. The van der Waals surface area contributed by atoms with Crippen molar-refractivity contribution in [2.75, 3.05) is 11.9 Å². The second-order valence-electron chi connectivity index (χ2n) is 4.17. The molecule has 4 N–H and O–H groups in total. The minimum Gasteiger partial charge on any atom is -0.393 e. The van der Waals surface area contributed by atoms with Crippen molar-refractivity contribution in [3.05, 3.63) is 29.8 Å². The van der Waals surface area contributed by atoms with Gasteiger partial charge >= 0.3 is 6.03 Å². The van der Waals surface area contributed by atoms with Crippen LogP contribution in [-0.2, 0) is 0 Å². The van der Waals surface area contributed by atoms with Crippen molar-refractivity contribution >= 4 is 28.9 Å². The van der Waals surface area contributed by atoms with Crippen LogP contribution >= 0.6 is 12.2 Å². The van der Waals surface area contributed by atoms with Gasteiger partial charge in [0.1, 0.15) is 0 Å². The Morgan fingerprint density at radius 1 is 1.28 bits per heavy atom. The molecule has 4 nitrogen and oxygen atoms in total. The van der Waals surface area contributed by atoms with E-state index >= 15 is 0 Å². The second kappa shape index (κ2) is 7.66. The van der Waals surface area contributed by atoms with E-state index in [0.717, 1.165) is 24.9 Å². The summed E-state index contributed by atoms with van der Waals surface area (Å²) in [6, 6.07) is 7.48. The predicted molar refractivity (Wildman–Crippen MR) is 78.8 cm³/mol. The van der Waals surface area contributed by atoms with Gasteiger partial charge in [0.25, 0.3) is 0 Å². The summed E-state index contributed by atoms with van der Waals surface area (Å²) in [6.45, 7) is 2.63. The molecule has 0 saturated carbocycles. The molecular formula is C13H19N3OS. The van der Waals surface area contributed by atoms with Crippen molar-refractivity contribution in [1.82, 2.24) is 5.32 Å². The SMILES string of the molecule is Cc1ccc(NC(=O)NCCCCC(N)=S)cc1. The number of unbranched alkanes of at least 4 members (excludes halogenated alkanes) is 1. The normalized spacial score (nSPS) is 9.83. The molecule has 0 aliphatic heterocycles. The van der Waals surface area contributed by atoms with Crippen molar-refractivity contribution in [1.29, 1.82) is 0 Å². The Kier molecular flexibility index (Phi) is 6.14. The molecule has 5 heteroatoms. The molecule has 0 atom stereocenters. The lowest BCUT2D eigenvalue weighted by Gasteiger charge is -2.07. The molecule has 0 radical (unpaired) electrons. The number of amides is 2. The lowest BCUT2D eigenvalue weighted by molar-refractivity contribution is 0.252. The molecule has 0 heterocycles. The third kappa shape index (κ3) is 6.20. The Morgan fingerprint density at radius 2 is 1.94 bits per heavy atom. The molecule has 0 saturated heterocycles. The Labute approximate surface area is 113 Å². The van der Waals surface area contributed by atoms with Crippen LogP contribution in [0, 0.1) is 6.92 Å². The monoisotopic (exact) mass is 265 g/mol. The van der Waals surface area contributed by atoms with E-state index in [1.807, 2.05) is 31.2 Å². The first-order chi connectivity index (χ1) is 8.58. The number of carbonyl (C=O) groups is 1. The minimum atomic E-state index is -0.186. The summed E-state index contributed by atoms with van der Waals surface area (Å²) < 4.78 is 0. The summed E-state index contributed by atoms with van der Waals surface area (Å²) >= 11 is 4.77. The molecule has 1 rings (SSSR count). The first-order valence-corrected chi connectivity index (χ1v) is 6.38. The fourth-order valence-electron chi connectivity index (χ4n) is 1.44. The van der Waals surface area contributed by atoms with Gasteiger partial charge in [0, 0.05) is 12.2 Å². The molecule has 0 unspecified atom stereocenters. The van der Waals surface area contributed by atoms with Gasteiger partial charge in [-0.3, -0.25) is 0 Å². The van der Waals surface area contributed by atoms with E-state index in [9.17, 15) is 4.79 Å². The van der Waals surface area contributed by atoms with Gasteiger partial charge in [0.05, 0.1) is 4.99 Å². The number of anilines is 1. The third-order valence-corrected chi connectivity index (χ3v) is 2.65. The molecule has 0 bridgehead atoms. The van der Waals surface area contributed by atoms with Crippen molar-refractivity contribution in [3.63, 3.8) is 0 Å². The van der Waals surface area contributed by atoms with E-state index in [1.54, 1.807) is 0 Å². The topological polar surface area (TPSA) is 67.2 Å². The van der Waals surface area contributed by atoms with Crippen LogP contribution in [0.25, 0.3) is 0 Å². The van der Waals surface area contributed by atoms with Gasteiger partial charge in [0.2, 0.25) is 0 Å². The second-order valence-corrected chi connectivity index (χ2v) is 4.69. The average Bonchev–Trinajstić information content (AvgIpc) is 2.31. The maximum Gasteiger partial charge on any atom is 0.319 e. The van der Waals surface area contributed by atoms with Crippen LogP contribution in [0.2, 0.25) is 0 Å². The molecule has 1 aromatic rings. The summed E-state index contributed by atoms with van der Waals surface area (Å²) in [7, 11) is 0. The number of carbonyl (C=O) groups excluding carboxylic acids is 1. The quantitative estimate of drug-likeness (QED) is 0.547. The third-order valence-electron chi connectivity index (χ3n) is 2.44. The van der Waals surface area contributed by atoms with Gasteiger partial charge in [-0.05, 0) is 38.3 Å². The fourth-order valence-corrected chi connectivity index (χ4v) is 1.58. The Balaban J connectivity index is 2.17. The van der Waals surface area contributed by atoms with Crippen LogP contribution < -0.4 is 16.4 Å². The maximum absolute atomic E-state index is 11.5. The average molecular weight is 265 g/mol. The summed E-state index contributed by atoms with van der Waals surface area (Å²) in [6.07, 6.45) is 2.51. The van der Waals surface area contributed by atoms with E-state index < -0.39 is 0 Å². The van der Waals surface area contributed by atoms with Crippen molar-refractivity contribution in [2.24, 2.45) is 5.73 Å². The van der Waals surface area contributed by atoms with Gasteiger partial charge in [0.15, 0.2) is 0 Å². The van der Waals surface area contributed by atoms with Crippen molar-refractivity contribution in [3.8, 4) is 0 Å². The van der Waals surface area contributed by atoms with Crippen LogP contribution in [0.4, 0.5) is 10.5 Å². The largest absolute Gasteiger partial charge is 0.393 e. The van der Waals surface area contributed by atoms with Gasteiger partial charge in [-0.15, -0.1) is 0 Å². The molecule has 0 aliphatic carbocycles. The van der Waals surface area contributed by atoms with Crippen LogP contribution in [0.1, 0.15) is 24.8 Å². The van der Waals surface area contributed by atoms with Crippen LogP contribution in [-0.4, -0.2) is 17.6 Å². The highest BCUT2D eigenvalue weighted by Gasteiger charge is 2.00. The summed E-state index contributed by atoms with van der Waals surface area (Å²) in [5, 5.41) is 5.55. The maximum atomic E-state index is 11.5. The Bertz CT molecular complexity index is 403. The number of nitrogens with one attached hydrogen (secondary N) is 2. The zero-order chi connectivity index (χ0) is 13.4. The zero-order valence-corrected chi connectivity index (χ0v) is 11.3. The van der Waals surface area contributed by atoms with E-state index in [0.29, 0.717) is 11.5 Å². The Morgan fingerprint density at radius 3 is 2.56 bits per heavy atom. The zero-order valence-electron chi connectivity index (χ0n) is 10.5. The molecule has 98 valence electrons. The van der Waals surface area contributed by atoms with Crippen LogP contribution in [0.15, 0.2) is 24.3 Å². The molecule has 0 aliphatic rings. The lowest BCUT2D eigenvalue weighted by Crippen LogP contribution is -2.29. The predicted octanol–water partition coefficient (Wildman–Crippen LogP) is 2.57. The molecule has 0 fully saturated rings. The van der Waals surface area contributed by atoms with E-state index in [-0.39, 0.29) is 6.03 Å². The van der Waals surface area contributed by atoms with Crippen molar-refractivity contribution in [2.45, 2.75) is 26.2 Å². The summed E-state index contributed by atoms with van der Waals surface area (Å²) in [5.74, 6) is 0. The van der Waals surface area contributed by atoms with Gasteiger partial charge in [-0.1, -0.05) is 29.9 Å². The highest BCUT2D eigenvalue weighted by molar-refractivity contribution is 7.80. The number of nitrogens with two attached hydrogens (primary N) is 1. The Hall–Kier alpha value is -1.62. The van der Waals surface area contributed by atoms with Gasteiger partial charge in [-0.2, -0.15) is 0 Å². The smallest absolute Gasteiger partial charge is 0.319 e. The first kappa shape index (κ1) is 14.4. The number of hydrogen-bond donors (Lipinski definition) is 3. The molecule has 0 aromatic heterocycles. The molecular weight excluding hydrogens is 246 g/mol. The first-order valence-electron chi connectivity index (χ1n) is 5.98. The van der Waals surface area contributed by atoms with E-state index in [1.165, 1.54) is 5.56 Å². The number of rotatable bonds is 6. The fraction of sp³-hybridized carbons (Fsp3) is 0.385. The molecule has 2 amide bonds. The molecule has 1 aromatic carbocycles. The number of hydrogen-bond acceptors (Lipinski definition) is 2. The highest BCUT2D eigenvalue weighted by atomic mass is 32.1. The van der Waals surface area contributed by atoms with E-state index in [2.05, 4.69) is 10.6 Å². The van der Waals surface area contributed by atoms with Gasteiger partial charge < -0.3 is 16.4 Å². The number of benzene rings is 1. The number of urea groups is 1.